The predicted octanol–water partition coefficient (Wildman–Crippen LogP) is 0.929. The quantitative estimate of drug-likeness (QED) is 0.339. The molecule has 0 N–H and O–H groups in total. The van der Waals surface area contributed by atoms with E-state index in [-0.39, 0.29) is 34.6 Å². The van der Waals surface area contributed by atoms with E-state index in [2.05, 4.69) is 40.8 Å². The predicted molar refractivity (Wildman–Crippen MR) is 99.1 cm³/mol. The summed E-state index contributed by atoms with van der Waals surface area (Å²) in [6.45, 7) is 17.2. The average molecular weight is 381 g/mol. The molecule has 1 rings (SSSR count). The van der Waals surface area contributed by atoms with Crippen molar-refractivity contribution in [2.75, 3.05) is 27.1 Å². The van der Waals surface area contributed by atoms with Crippen molar-refractivity contribution in [1.82, 2.24) is 0 Å². The second-order valence-electron chi connectivity index (χ2n) is 8.73. The number of methoxy groups -OCH3 is 1. The van der Waals surface area contributed by atoms with E-state index in [9.17, 15) is 5.11 Å². The van der Waals surface area contributed by atoms with Gasteiger partial charge in [0.1, 0.15) is 6.79 Å². The van der Waals surface area contributed by atoms with Crippen LogP contribution in [0.2, 0.25) is 18.1 Å². The number of hydrogen-bond acceptors (Lipinski definition) is 4. The van der Waals surface area contributed by atoms with Crippen LogP contribution >= 0.6 is 0 Å². The minimum Gasteiger partial charge on any atom is -0.875 e. The molecule has 0 aromatic rings. The van der Waals surface area contributed by atoms with Gasteiger partial charge in [-0.1, -0.05) is 33.3 Å². The Labute approximate surface area is 178 Å². The molecule has 0 amide bonds. The Bertz CT molecular complexity index is 432. The molecule has 0 radical (unpaired) electrons. The summed E-state index contributed by atoms with van der Waals surface area (Å²) in [4.78, 5) is 0. The van der Waals surface area contributed by atoms with E-state index in [0.29, 0.717) is 43.3 Å². The van der Waals surface area contributed by atoms with E-state index in [4.69, 9.17) is 13.9 Å². The Morgan fingerprint density at radius 1 is 1.28 bits per heavy atom. The van der Waals surface area contributed by atoms with Gasteiger partial charge in [0, 0.05) is 13.7 Å². The van der Waals surface area contributed by atoms with Crippen molar-refractivity contribution in [3.63, 3.8) is 0 Å². The third-order valence-electron chi connectivity index (χ3n) is 5.94. The van der Waals surface area contributed by atoms with Gasteiger partial charge in [-0.15, -0.1) is 5.76 Å². The fourth-order valence-corrected chi connectivity index (χ4v) is 4.23. The van der Waals surface area contributed by atoms with Crippen molar-refractivity contribution in [3.8, 4) is 0 Å². The van der Waals surface area contributed by atoms with Gasteiger partial charge in [-0.2, -0.15) is 0 Å². The van der Waals surface area contributed by atoms with Gasteiger partial charge >= 0.3 is 29.6 Å². The monoisotopic (exact) mass is 380 g/mol. The normalized spacial score (nSPS) is 22.9. The number of allylic oxidation sites excluding steroid dienone is 2. The molecule has 25 heavy (non-hydrogen) atoms. The van der Waals surface area contributed by atoms with Crippen LogP contribution < -0.4 is 34.7 Å². The van der Waals surface area contributed by atoms with E-state index in [0.717, 1.165) is 18.6 Å². The van der Waals surface area contributed by atoms with Gasteiger partial charge in [-0.25, -0.2) is 0 Å². The van der Waals surface area contributed by atoms with Crippen LogP contribution in [0.25, 0.3) is 0 Å². The van der Waals surface area contributed by atoms with Crippen molar-refractivity contribution in [1.29, 1.82) is 0 Å². The molecular weight excluding hydrogens is 343 g/mol. The van der Waals surface area contributed by atoms with Gasteiger partial charge in [-0.05, 0) is 55.7 Å². The topological polar surface area (TPSA) is 50.8 Å². The minimum absolute atomic E-state index is 0. The van der Waals surface area contributed by atoms with Crippen LogP contribution in [0.15, 0.2) is 11.3 Å². The molecule has 0 saturated carbocycles. The fraction of sp³-hybridized carbons (Fsp3) is 0.895. The van der Waals surface area contributed by atoms with Crippen molar-refractivity contribution in [2.24, 2.45) is 17.8 Å². The molecule has 0 spiro atoms. The molecule has 142 valence electrons. The Morgan fingerprint density at radius 3 is 2.40 bits per heavy atom. The molecule has 6 heteroatoms. The Hall–Kier alpha value is 0.637. The van der Waals surface area contributed by atoms with Gasteiger partial charge < -0.3 is 19.0 Å². The maximum atomic E-state index is 12.2. The molecular formula is C19H37NaO4Si. The Morgan fingerprint density at radius 2 is 1.88 bits per heavy atom. The summed E-state index contributed by atoms with van der Waals surface area (Å²) in [6, 6.07) is 0. The number of rotatable bonds is 9. The third-order valence-corrected chi connectivity index (χ3v) is 10.5. The van der Waals surface area contributed by atoms with Crippen LogP contribution in [0.3, 0.4) is 0 Å². The van der Waals surface area contributed by atoms with Crippen molar-refractivity contribution in [3.05, 3.63) is 11.3 Å². The molecule has 0 aromatic heterocycles. The summed E-state index contributed by atoms with van der Waals surface area (Å²) in [5.41, 5.74) is 1.03. The minimum atomic E-state index is -1.73. The molecule has 4 nitrogen and oxygen atoms in total. The SMILES string of the molecule is COCOC[C@@H](C)[C@@H]1CC([O-])=C(C)[C@@H]1CCO[Si](C)(C)C(C)(C)C.[Na+]. The Kier molecular flexibility index (Phi) is 11.1. The smallest absolute Gasteiger partial charge is 0.875 e. The van der Waals surface area contributed by atoms with Crippen LogP contribution in [-0.2, 0) is 13.9 Å². The zero-order chi connectivity index (χ0) is 18.5. The van der Waals surface area contributed by atoms with E-state index >= 15 is 0 Å². The van der Waals surface area contributed by atoms with Crippen LogP contribution in [-0.4, -0.2) is 35.4 Å². The standard InChI is InChI=1S/C19H38O4Si.Na/c1-14(12-22-13-21-6)17-11-18(20)15(2)16(17)9-10-23-24(7,8)19(3,4)5;/h14,16-17,20H,9-13H2,1-8H3;/q;+1/p-1/t14-,16+,17+;/m1./s1. The molecule has 1 aliphatic carbocycles. The van der Waals surface area contributed by atoms with Crippen molar-refractivity contribution >= 4 is 8.32 Å². The van der Waals surface area contributed by atoms with E-state index in [1.54, 1.807) is 7.11 Å². The summed E-state index contributed by atoms with van der Waals surface area (Å²) in [7, 11) is -0.0987. The zero-order valence-electron chi connectivity index (χ0n) is 17.9. The first-order chi connectivity index (χ1) is 11.0. The molecule has 3 atom stereocenters. The van der Waals surface area contributed by atoms with Gasteiger partial charge in [-0.3, -0.25) is 0 Å². The first-order valence-corrected chi connectivity index (χ1v) is 12.0. The molecule has 0 aliphatic heterocycles. The van der Waals surface area contributed by atoms with Crippen molar-refractivity contribution in [2.45, 2.75) is 65.6 Å². The van der Waals surface area contributed by atoms with Crippen molar-refractivity contribution < 1.29 is 48.6 Å². The largest absolute Gasteiger partial charge is 1.00 e. The molecule has 0 saturated heterocycles. The first-order valence-electron chi connectivity index (χ1n) is 9.08. The van der Waals surface area contributed by atoms with Gasteiger partial charge in [0.2, 0.25) is 0 Å². The molecule has 0 heterocycles. The summed E-state index contributed by atoms with van der Waals surface area (Å²) in [6.07, 6.45) is 1.58. The van der Waals surface area contributed by atoms with E-state index in [1.807, 2.05) is 6.92 Å². The van der Waals surface area contributed by atoms with Gasteiger partial charge in [0.05, 0.1) is 6.61 Å². The number of hydrogen-bond donors (Lipinski definition) is 0. The zero-order valence-corrected chi connectivity index (χ0v) is 20.9. The number of ether oxygens (including phenoxy) is 2. The molecule has 0 bridgehead atoms. The van der Waals surface area contributed by atoms with Gasteiger partial charge in [0.15, 0.2) is 8.32 Å². The van der Waals surface area contributed by atoms with Crippen LogP contribution in [0.4, 0.5) is 0 Å². The van der Waals surface area contributed by atoms with E-state index in [1.165, 1.54) is 0 Å². The molecule has 1 aliphatic rings. The second kappa shape index (κ2) is 10.8. The fourth-order valence-electron chi connectivity index (χ4n) is 3.17. The van der Waals surface area contributed by atoms with Crippen LogP contribution in [0, 0.1) is 17.8 Å². The second-order valence-corrected chi connectivity index (χ2v) is 13.5. The molecule has 0 fully saturated rings. The summed E-state index contributed by atoms with van der Waals surface area (Å²) in [5, 5.41) is 12.4. The Balaban J connectivity index is 0.00000576. The molecule has 0 aromatic carbocycles. The van der Waals surface area contributed by atoms with E-state index < -0.39 is 8.32 Å². The summed E-state index contributed by atoms with van der Waals surface area (Å²) < 4.78 is 16.8. The van der Waals surface area contributed by atoms with Gasteiger partial charge in [0.25, 0.3) is 0 Å². The van der Waals surface area contributed by atoms with Crippen LogP contribution in [0.5, 0.6) is 0 Å². The summed E-state index contributed by atoms with van der Waals surface area (Å²) >= 11 is 0. The molecule has 0 unspecified atom stereocenters. The maximum Gasteiger partial charge on any atom is 1.00 e. The average Bonchev–Trinajstić information content (AvgIpc) is 2.74. The summed E-state index contributed by atoms with van der Waals surface area (Å²) in [5.74, 6) is 1.34. The first kappa shape index (κ1) is 25.6. The van der Waals surface area contributed by atoms with Crippen LogP contribution in [0.1, 0.15) is 47.5 Å². The maximum absolute atomic E-state index is 12.2. The third kappa shape index (κ3) is 7.28.